The maximum Gasteiger partial charge on any atom is 0.0838 e. The summed E-state index contributed by atoms with van der Waals surface area (Å²) in [6, 6.07) is 2.48. The topological polar surface area (TPSA) is 39.1 Å². The Balaban J connectivity index is 2.14. The van der Waals surface area contributed by atoms with Crippen LogP contribution in [0.4, 0.5) is 0 Å². The average molecular weight is 279 g/mol. The number of likely N-dealkylation sites (N-methyl/N-ethyl adjacent to an activating group) is 1. The van der Waals surface area contributed by atoms with Crippen molar-refractivity contribution in [2.45, 2.75) is 64.0 Å². The molecule has 114 valence electrons. The number of rotatable bonds is 7. The van der Waals surface area contributed by atoms with Gasteiger partial charge in [-0.25, -0.2) is 0 Å². The molecule has 1 N–H and O–H groups in total. The Kier molecular flexibility index (Phi) is 5.61. The summed E-state index contributed by atoms with van der Waals surface area (Å²) in [5, 5.41) is 8.20. The Morgan fingerprint density at radius 3 is 2.65 bits per heavy atom. The highest BCUT2D eigenvalue weighted by Crippen LogP contribution is 2.35. The van der Waals surface area contributed by atoms with Gasteiger partial charge in [-0.15, -0.1) is 0 Å². The Morgan fingerprint density at radius 2 is 2.10 bits per heavy atom. The molecule has 4 nitrogen and oxygen atoms in total. The van der Waals surface area contributed by atoms with Gasteiger partial charge in [-0.2, -0.15) is 5.10 Å². The van der Waals surface area contributed by atoms with Gasteiger partial charge in [-0.05, 0) is 32.4 Å². The molecule has 0 saturated heterocycles. The molecule has 1 heterocycles. The van der Waals surface area contributed by atoms with Crippen LogP contribution >= 0.6 is 0 Å². The SMILES string of the molecule is CCNC(Cc1ccn(C)n1)C1(OCC)CCCCC1. The maximum absolute atomic E-state index is 6.27. The van der Waals surface area contributed by atoms with Crippen molar-refractivity contribution in [3.8, 4) is 0 Å². The molecule has 1 unspecified atom stereocenters. The van der Waals surface area contributed by atoms with Crippen LogP contribution in [0, 0.1) is 0 Å². The van der Waals surface area contributed by atoms with Crippen LogP contribution in [0.5, 0.6) is 0 Å². The van der Waals surface area contributed by atoms with Gasteiger partial charge >= 0.3 is 0 Å². The van der Waals surface area contributed by atoms with Crippen molar-refractivity contribution < 1.29 is 4.74 Å². The molecule has 0 amide bonds. The fourth-order valence-corrected chi connectivity index (χ4v) is 3.50. The second-order valence-corrected chi connectivity index (χ2v) is 5.85. The van der Waals surface area contributed by atoms with Gasteiger partial charge in [-0.3, -0.25) is 4.68 Å². The Bertz CT molecular complexity index is 391. The first-order chi connectivity index (χ1) is 9.70. The predicted octanol–water partition coefficient (Wildman–Crippen LogP) is 2.68. The normalized spacial score (nSPS) is 19.9. The smallest absolute Gasteiger partial charge is 0.0838 e. The molecule has 1 aliphatic rings. The number of hydrogen-bond donors (Lipinski definition) is 1. The molecule has 2 rings (SSSR count). The lowest BCUT2D eigenvalue weighted by Gasteiger charge is -2.43. The minimum atomic E-state index is 0.000527. The van der Waals surface area contributed by atoms with Gasteiger partial charge in [-0.1, -0.05) is 26.2 Å². The molecule has 1 aromatic rings. The van der Waals surface area contributed by atoms with E-state index in [0.717, 1.165) is 25.3 Å². The molecular weight excluding hydrogens is 250 g/mol. The molecule has 20 heavy (non-hydrogen) atoms. The van der Waals surface area contributed by atoms with Crippen molar-refractivity contribution in [2.75, 3.05) is 13.2 Å². The van der Waals surface area contributed by atoms with E-state index in [2.05, 4.69) is 30.3 Å². The third kappa shape index (κ3) is 3.61. The van der Waals surface area contributed by atoms with Gasteiger partial charge in [0.05, 0.1) is 11.3 Å². The summed E-state index contributed by atoms with van der Waals surface area (Å²) in [6.07, 6.45) is 9.23. The van der Waals surface area contributed by atoms with E-state index in [0.29, 0.717) is 6.04 Å². The van der Waals surface area contributed by atoms with Gasteiger partial charge in [0.15, 0.2) is 0 Å². The first kappa shape index (κ1) is 15.5. The highest BCUT2D eigenvalue weighted by molar-refractivity contribution is 5.06. The third-order valence-electron chi connectivity index (χ3n) is 4.40. The van der Waals surface area contributed by atoms with Gasteiger partial charge in [0, 0.05) is 32.3 Å². The Hall–Kier alpha value is -0.870. The number of ether oxygens (including phenoxy) is 1. The number of nitrogens with one attached hydrogen (secondary N) is 1. The molecule has 0 aromatic carbocycles. The minimum absolute atomic E-state index is 0.000527. The first-order valence-corrected chi connectivity index (χ1v) is 8.06. The molecule has 1 saturated carbocycles. The van der Waals surface area contributed by atoms with Gasteiger partial charge in [0.25, 0.3) is 0 Å². The van der Waals surface area contributed by atoms with Gasteiger partial charge < -0.3 is 10.1 Å². The largest absolute Gasteiger partial charge is 0.374 e. The van der Waals surface area contributed by atoms with Crippen molar-refractivity contribution in [2.24, 2.45) is 7.05 Å². The van der Waals surface area contributed by atoms with Crippen molar-refractivity contribution in [3.05, 3.63) is 18.0 Å². The van der Waals surface area contributed by atoms with Crippen LogP contribution in [-0.2, 0) is 18.2 Å². The second kappa shape index (κ2) is 7.23. The quantitative estimate of drug-likeness (QED) is 0.834. The Labute approximate surface area is 122 Å². The summed E-state index contributed by atoms with van der Waals surface area (Å²) in [5.74, 6) is 0. The lowest BCUT2D eigenvalue weighted by atomic mass is 9.77. The number of nitrogens with zero attached hydrogens (tertiary/aromatic N) is 2. The summed E-state index contributed by atoms with van der Waals surface area (Å²) in [5.41, 5.74) is 1.16. The molecule has 4 heteroatoms. The zero-order chi connectivity index (χ0) is 14.4. The van der Waals surface area contributed by atoms with Crippen LogP contribution in [0.2, 0.25) is 0 Å². The monoisotopic (exact) mass is 279 g/mol. The van der Waals surface area contributed by atoms with Crippen molar-refractivity contribution in [1.29, 1.82) is 0 Å². The molecule has 0 radical (unpaired) electrons. The molecule has 1 aliphatic carbocycles. The molecule has 0 aliphatic heterocycles. The number of aromatic nitrogens is 2. The molecule has 1 fully saturated rings. The van der Waals surface area contributed by atoms with Crippen LogP contribution < -0.4 is 5.32 Å². The van der Waals surface area contributed by atoms with Crippen LogP contribution in [0.15, 0.2) is 12.3 Å². The fraction of sp³-hybridized carbons (Fsp3) is 0.812. The van der Waals surface area contributed by atoms with Crippen LogP contribution in [-0.4, -0.2) is 34.6 Å². The highest BCUT2D eigenvalue weighted by Gasteiger charge is 2.40. The molecule has 1 atom stereocenters. The summed E-state index contributed by atoms with van der Waals surface area (Å²) in [6.45, 7) is 6.06. The molecule has 1 aromatic heterocycles. The zero-order valence-corrected chi connectivity index (χ0v) is 13.2. The zero-order valence-electron chi connectivity index (χ0n) is 13.2. The number of hydrogen-bond acceptors (Lipinski definition) is 3. The molecule has 0 bridgehead atoms. The van der Waals surface area contributed by atoms with E-state index in [1.165, 1.54) is 32.1 Å². The predicted molar refractivity (Wildman–Crippen MR) is 81.8 cm³/mol. The Morgan fingerprint density at radius 1 is 1.35 bits per heavy atom. The average Bonchev–Trinajstić information content (AvgIpc) is 2.85. The van der Waals surface area contributed by atoms with Crippen LogP contribution in [0.1, 0.15) is 51.6 Å². The van der Waals surface area contributed by atoms with Gasteiger partial charge in [0.2, 0.25) is 0 Å². The second-order valence-electron chi connectivity index (χ2n) is 5.85. The fourth-order valence-electron chi connectivity index (χ4n) is 3.50. The lowest BCUT2D eigenvalue weighted by Crippen LogP contribution is -2.55. The standard InChI is InChI=1S/C16H29N3O/c1-4-17-15(13-14-9-12-19(3)18-14)16(20-5-2)10-7-6-8-11-16/h9,12,15,17H,4-8,10-11,13H2,1-3H3. The van der Waals surface area contributed by atoms with E-state index in [4.69, 9.17) is 4.74 Å². The third-order valence-corrected chi connectivity index (χ3v) is 4.40. The van der Waals surface area contributed by atoms with E-state index < -0.39 is 0 Å². The van der Waals surface area contributed by atoms with E-state index in [1.807, 2.05) is 17.9 Å². The van der Waals surface area contributed by atoms with E-state index in [-0.39, 0.29) is 5.60 Å². The summed E-state index contributed by atoms with van der Waals surface area (Å²) >= 11 is 0. The van der Waals surface area contributed by atoms with E-state index in [1.54, 1.807) is 0 Å². The lowest BCUT2D eigenvalue weighted by molar-refractivity contribution is -0.0896. The summed E-state index contributed by atoms with van der Waals surface area (Å²) < 4.78 is 8.15. The molecule has 0 spiro atoms. The van der Waals surface area contributed by atoms with Gasteiger partial charge in [0.1, 0.15) is 0 Å². The van der Waals surface area contributed by atoms with Crippen molar-refractivity contribution >= 4 is 0 Å². The minimum Gasteiger partial charge on any atom is -0.374 e. The highest BCUT2D eigenvalue weighted by atomic mass is 16.5. The van der Waals surface area contributed by atoms with Crippen LogP contribution in [0.3, 0.4) is 0 Å². The summed E-state index contributed by atoms with van der Waals surface area (Å²) in [4.78, 5) is 0. The molecular formula is C16H29N3O. The first-order valence-electron chi connectivity index (χ1n) is 8.06. The number of aryl methyl sites for hydroxylation is 1. The summed E-state index contributed by atoms with van der Waals surface area (Å²) in [7, 11) is 1.98. The van der Waals surface area contributed by atoms with E-state index >= 15 is 0 Å². The van der Waals surface area contributed by atoms with E-state index in [9.17, 15) is 0 Å². The van der Waals surface area contributed by atoms with Crippen molar-refractivity contribution in [3.63, 3.8) is 0 Å². The van der Waals surface area contributed by atoms with Crippen molar-refractivity contribution in [1.82, 2.24) is 15.1 Å². The maximum atomic E-state index is 6.27. The van der Waals surface area contributed by atoms with Crippen LogP contribution in [0.25, 0.3) is 0 Å².